The van der Waals surface area contributed by atoms with Gasteiger partial charge in [0.25, 0.3) is 0 Å². The fourth-order valence-electron chi connectivity index (χ4n) is 3.46. The quantitative estimate of drug-likeness (QED) is 0.762. The number of likely N-dealkylation sites (N-methyl/N-ethyl adjacent to an activating group) is 2. The molecule has 1 atom stereocenters. The topological polar surface area (TPSA) is 69.7 Å². The number of nitrogens with one attached hydrogen (secondary N) is 1. The molecule has 1 aliphatic heterocycles. The average molecular weight is 368 g/mol. The molecule has 0 aromatic rings. The SMILES string of the molecule is CNCCN(C)S(=O)(=O)C1CCCN(C(=O)C2CCCC2)C1.Cl. The maximum Gasteiger partial charge on any atom is 0.225 e. The molecular formula is C15H30ClN3O3S. The summed E-state index contributed by atoms with van der Waals surface area (Å²) in [6, 6.07) is 0. The molecule has 0 spiro atoms. The van der Waals surface area contributed by atoms with Crippen molar-refractivity contribution in [1.82, 2.24) is 14.5 Å². The normalized spacial score (nSPS) is 23.1. The molecule has 1 saturated heterocycles. The monoisotopic (exact) mass is 367 g/mol. The smallest absolute Gasteiger partial charge is 0.225 e. The van der Waals surface area contributed by atoms with Gasteiger partial charge in [-0.3, -0.25) is 4.79 Å². The van der Waals surface area contributed by atoms with Crippen LogP contribution >= 0.6 is 12.4 Å². The highest BCUT2D eigenvalue weighted by atomic mass is 35.5. The number of sulfonamides is 1. The van der Waals surface area contributed by atoms with E-state index in [0.29, 0.717) is 32.6 Å². The Morgan fingerprint density at radius 1 is 1.22 bits per heavy atom. The highest BCUT2D eigenvalue weighted by Gasteiger charge is 2.37. The van der Waals surface area contributed by atoms with Crippen LogP contribution in [0.3, 0.4) is 0 Å². The summed E-state index contributed by atoms with van der Waals surface area (Å²) in [5.41, 5.74) is 0. The highest BCUT2D eigenvalue weighted by Crippen LogP contribution is 2.28. The van der Waals surface area contributed by atoms with Gasteiger partial charge in [-0.1, -0.05) is 12.8 Å². The summed E-state index contributed by atoms with van der Waals surface area (Å²) < 4.78 is 26.7. The first-order valence-corrected chi connectivity index (χ1v) is 9.85. The largest absolute Gasteiger partial charge is 0.341 e. The lowest BCUT2D eigenvalue weighted by molar-refractivity contribution is -0.136. The van der Waals surface area contributed by atoms with E-state index in [1.165, 1.54) is 4.31 Å². The number of carbonyl (C=O) groups excluding carboxylic acids is 1. The number of carbonyl (C=O) groups is 1. The van der Waals surface area contributed by atoms with Gasteiger partial charge < -0.3 is 10.2 Å². The number of rotatable bonds is 6. The third-order valence-electron chi connectivity index (χ3n) is 4.93. The fourth-order valence-corrected chi connectivity index (χ4v) is 5.15. The molecule has 1 unspecified atom stereocenters. The van der Waals surface area contributed by atoms with Gasteiger partial charge in [-0.25, -0.2) is 12.7 Å². The molecule has 2 rings (SSSR count). The molecule has 1 heterocycles. The molecule has 1 N–H and O–H groups in total. The van der Waals surface area contributed by atoms with Crippen LogP contribution in [0.25, 0.3) is 0 Å². The molecular weight excluding hydrogens is 338 g/mol. The summed E-state index contributed by atoms with van der Waals surface area (Å²) >= 11 is 0. The Morgan fingerprint density at radius 3 is 2.48 bits per heavy atom. The summed E-state index contributed by atoms with van der Waals surface area (Å²) in [5, 5.41) is 2.52. The minimum atomic E-state index is -3.32. The lowest BCUT2D eigenvalue weighted by atomic mass is 10.0. The van der Waals surface area contributed by atoms with Crippen molar-refractivity contribution in [2.24, 2.45) is 5.92 Å². The van der Waals surface area contributed by atoms with E-state index >= 15 is 0 Å². The van der Waals surface area contributed by atoms with Gasteiger partial charge in [0.15, 0.2) is 0 Å². The van der Waals surface area contributed by atoms with E-state index in [2.05, 4.69) is 5.32 Å². The van der Waals surface area contributed by atoms with Crippen molar-refractivity contribution in [1.29, 1.82) is 0 Å². The summed E-state index contributed by atoms with van der Waals surface area (Å²) in [6.07, 6.45) is 5.62. The van der Waals surface area contributed by atoms with Crippen LogP contribution < -0.4 is 5.32 Å². The zero-order chi connectivity index (χ0) is 16.2. The van der Waals surface area contributed by atoms with Crippen LogP contribution in [0.5, 0.6) is 0 Å². The van der Waals surface area contributed by atoms with Gasteiger partial charge in [-0.05, 0) is 32.7 Å². The first-order valence-electron chi connectivity index (χ1n) is 8.35. The van der Waals surface area contributed by atoms with E-state index in [1.54, 1.807) is 11.9 Å². The Bertz CT molecular complexity index is 480. The second kappa shape index (κ2) is 9.20. The Morgan fingerprint density at radius 2 is 1.87 bits per heavy atom. The Balaban J connectivity index is 0.00000264. The highest BCUT2D eigenvalue weighted by molar-refractivity contribution is 7.89. The molecule has 0 aromatic heterocycles. The molecule has 8 heteroatoms. The number of likely N-dealkylation sites (tertiary alicyclic amines) is 1. The second-order valence-corrected chi connectivity index (χ2v) is 8.82. The average Bonchev–Trinajstić information content (AvgIpc) is 3.06. The zero-order valence-electron chi connectivity index (χ0n) is 14.2. The predicted octanol–water partition coefficient (Wildman–Crippen LogP) is 1.07. The third kappa shape index (κ3) is 5.05. The number of halogens is 1. The molecule has 1 amide bonds. The van der Waals surface area contributed by atoms with Gasteiger partial charge in [0, 0.05) is 39.1 Å². The van der Waals surface area contributed by atoms with Gasteiger partial charge in [0.05, 0.1) is 5.25 Å². The number of amides is 1. The molecule has 1 saturated carbocycles. The van der Waals surface area contributed by atoms with Crippen LogP contribution in [0.2, 0.25) is 0 Å². The molecule has 0 bridgehead atoms. The standard InChI is InChI=1S/C15H29N3O3S.ClH/c1-16-9-11-17(2)22(20,21)14-8-5-10-18(12-14)15(19)13-6-3-4-7-13;/h13-14,16H,3-12H2,1-2H3;1H. The number of piperidine rings is 1. The van der Waals surface area contributed by atoms with E-state index in [9.17, 15) is 13.2 Å². The van der Waals surface area contributed by atoms with Gasteiger partial charge in [0.2, 0.25) is 15.9 Å². The Kier molecular flexibility index (Phi) is 8.27. The molecule has 2 fully saturated rings. The van der Waals surface area contributed by atoms with Crippen molar-refractivity contribution >= 4 is 28.3 Å². The van der Waals surface area contributed by atoms with Crippen LogP contribution in [-0.4, -0.2) is 69.1 Å². The van der Waals surface area contributed by atoms with Crippen LogP contribution in [0.15, 0.2) is 0 Å². The van der Waals surface area contributed by atoms with E-state index in [-0.39, 0.29) is 24.2 Å². The maximum atomic E-state index is 12.6. The number of nitrogens with zero attached hydrogens (tertiary/aromatic N) is 2. The number of hydrogen-bond acceptors (Lipinski definition) is 4. The van der Waals surface area contributed by atoms with E-state index in [4.69, 9.17) is 0 Å². The lowest BCUT2D eigenvalue weighted by Crippen LogP contribution is -2.50. The minimum Gasteiger partial charge on any atom is -0.341 e. The fraction of sp³-hybridized carbons (Fsp3) is 0.933. The summed E-state index contributed by atoms with van der Waals surface area (Å²) in [7, 11) is 0.113. The lowest BCUT2D eigenvalue weighted by Gasteiger charge is -2.35. The molecule has 2 aliphatic rings. The summed E-state index contributed by atoms with van der Waals surface area (Å²) in [6.45, 7) is 2.17. The summed E-state index contributed by atoms with van der Waals surface area (Å²) in [4.78, 5) is 14.3. The van der Waals surface area contributed by atoms with Crippen molar-refractivity contribution in [2.45, 2.75) is 43.8 Å². The maximum absolute atomic E-state index is 12.6. The van der Waals surface area contributed by atoms with Gasteiger partial charge in [-0.15, -0.1) is 12.4 Å². The molecule has 136 valence electrons. The zero-order valence-corrected chi connectivity index (χ0v) is 15.8. The number of hydrogen-bond donors (Lipinski definition) is 1. The second-order valence-electron chi connectivity index (χ2n) is 6.50. The van der Waals surface area contributed by atoms with Gasteiger partial charge in [0.1, 0.15) is 0 Å². The van der Waals surface area contributed by atoms with E-state index in [0.717, 1.165) is 32.1 Å². The third-order valence-corrected chi connectivity index (χ3v) is 7.21. The first kappa shape index (κ1) is 20.7. The van der Waals surface area contributed by atoms with Crippen molar-refractivity contribution in [3.8, 4) is 0 Å². The van der Waals surface area contributed by atoms with Crippen molar-refractivity contribution in [3.05, 3.63) is 0 Å². The van der Waals surface area contributed by atoms with Crippen LogP contribution in [0.1, 0.15) is 38.5 Å². The Labute approximate surface area is 146 Å². The molecule has 6 nitrogen and oxygen atoms in total. The van der Waals surface area contributed by atoms with Crippen LogP contribution in [-0.2, 0) is 14.8 Å². The van der Waals surface area contributed by atoms with E-state index < -0.39 is 15.3 Å². The summed E-state index contributed by atoms with van der Waals surface area (Å²) in [5.74, 6) is 0.304. The van der Waals surface area contributed by atoms with Crippen molar-refractivity contribution in [3.63, 3.8) is 0 Å². The minimum absolute atomic E-state index is 0. The predicted molar refractivity (Wildman–Crippen MR) is 94.3 cm³/mol. The molecule has 23 heavy (non-hydrogen) atoms. The first-order chi connectivity index (χ1) is 10.5. The van der Waals surface area contributed by atoms with Gasteiger partial charge in [-0.2, -0.15) is 0 Å². The van der Waals surface area contributed by atoms with E-state index in [1.807, 2.05) is 7.05 Å². The van der Waals surface area contributed by atoms with Crippen molar-refractivity contribution < 1.29 is 13.2 Å². The van der Waals surface area contributed by atoms with Gasteiger partial charge >= 0.3 is 0 Å². The Hall–Kier alpha value is -0.370. The van der Waals surface area contributed by atoms with Crippen molar-refractivity contribution in [2.75, 3.05) is 40.3 Å². The molecule has 0 aromatic carbocycles. The van der Waals surface area contributed by atoms with Crippen LogP contribution in [0.4, 0.5) is 0 Å². The molecule has 0 radical (unpaired) electrons. The molecule has 1 aliphatic carbocycles. The van der Waals surface area contributed by atoms with Crippen LogP contribution in [0, 0.1) is 5.92 Å².